The number of nitrogens with zero attached hydrogens (tertiary/aromatic N) is 2. The molecule has 0 aliphatic rings. The van der Waals surface area contributed by atoms with E-state index >= 15 is 0 Å². The average molecular weight is 345 g/mol. The molecule has 0 atom stereocenters. The van der Waals surface area contributed by atoms with Gasteiger partial charge in [0.25, 0.3) is 0 Å². The number of hydrazone groups is 1. The highest BCUT2D eigenvalue weighted by Crippen LogP contribution is 2.35. The molecule has 0 amide bonds. The zero-order chi connectivity index (χ0) is 16.9. The number of halogens is 1. The molecule has 0 bridgehead atoms. The van der Waals surface area contributed by atoms with Gasteiger partial charge >= 0.3 is 0 Å². The van der Waals surface area contributed by atoms with E-state index in [0.717, 1.165) is 16.6 Å². The molecule has 0 aliphatic heterocycles. The Labute approximate surface area is 144 Å². The van der Waals surface area contributed by atoms with Crippen LogP contribution in [-0.4, -0.2) is 29.9 Å². The number of rotatable bonds is 6. The summed E-state index contributed by atoms with van der Waals surface area (Å²) in [7, 11) is 1.57. The molecule has 3 aromatic rings. The van der Waals surface area contributed by atoms with Gasteiger partial charge in [0.2, 0.25) is 5.95 Å². The van der Waals surface area contributed by atoms with E-state index in [-0.39, 0.29) is 0 Å². The number of nitrogens with one attached hydrogen (secondary N) is 2. The van der Waals surface area contributed by atoms with E-state index in [1.165, 1.54) is 0 Å². The van der Waals surface area contributed by atoms with E-state index in [0.29, 0.717) is 29.1 Å². The third-order valence-corrected chi connectivity index (χ3v) is 3.59. The molecule has 1 aromatic heterocycles. The fraction of sp³-hybridized carbons (Fsp3) is 0.176. The van der Waals surface area contributed by atoms with Gasteiger partial charge in [-0.3, -0.25) is 0 Å². The number of benzene rings is 2. The highest BCUT2D eigenvalue weighted by Gasteiger charge is 2.10. The van der Waals surface area contributed by atoms with Crippen LogP contribution in [0.4, 0.5) is 5.95 Å². The summed E-state index contributed by atoms with van der Waals surface area (Å²) in [5, 5.41) is 4.65. The van der Waals surface area contributed by atoms with Crippen LogP contribution in [0, 0.1) is 0 Å². The lowest BCUT2D eigenvalue weighted by atomic mass is 10.2. The topological polar surface area (TPSA) is 71.5 Å². The van der Waals surface area contributed by atoms with Gasteiger partial charge in [-0.1, -0.05) is 23.7 Å². The number of fused-ring (bicyclic) bond motifs is 1. The number of methoxy groups -OCH3 is 1. The van der Waals surface area contributed by atoms with Crippen LogP contribution in [0.25, 0.3) is 11.0 Å². The van der Waals surface area contributed by atoms with Gasteiger partial charge in [0, 0.05) is 0 Å². The largest absolute Gasteiger partial charge is 0.493 e. The smallest absolute Gasteiger partial charge is 0.222 e. The van der Waals surface area contributed by atoms with Crippen molar-refractivity contribution in [3.8, 4) is 11.5 Å². The first-order valence-corrected chi connectivity index (χ1v) is 7.83. The summed E-state index contributed by atoms with van der Waals surface area (Å²) in [6.45, 7) is 2.40. The first-order chi connectivity index (χ1) is 11.7. The summed E-state index contributed by atoms with van der Waals surface area (Å²) in [4.78, 5) is 7.52. The Morgan fingerprint density at radius 2 is 2.17 bits per heavy atom. The van der Waals surface area contributed by atoms with E-state index in [9.17, 15) is 0 Å². The molecule has 2 N–H and O–H groups in total. The number of H-pyrrole nitrogens is 1. The van der Waals surface area contributed by atoms with Crippen molar-refractivity contribution >= 4 is 34.8 Å². The number of hydrogen-bond acceptors (Lipinski definition) is 5. The standard InChI is InChI=1S/C17H17ClN4O2/c1-3-24-16-12(18)8-11(9-15(16)23-2)10-19-22-17-20-13-6-4-5-7-14(13)21-17/h4-10H,3H2,1-2H3,(H2,20,21,22)/b19-10-. The van der Waals surface area contributed by atoms with Gasteiger partial charge in [0.1, 0.15) is 0 Å². The Morgan fingerprint density at radius 3 is 2.92 bits per heavy atom. The Kier molecular flexibility index (Phi) is 4.86. The second-order valence-corrected chi connectivity index (χ2v) is 5.35. The van der Waals surface area contributed by atoms with Crippen molar-refractivity contribution < 1.29 is 9.47 Å². The molecule has 0 aliphatic carbocycles. The van der Waals surface area contributed by atoms with Crippen LogP contribution in [-0.2, 0) is 0 Å². The molecule has 0 saturated carbocycles. The Balaban J connectivity index is 1.77. The number of anilines is 1. The zero-order valence-corrected chi connectivity index (χ0v) is 14.1. The summed E-state index contributed by atoms with van der Waals surface area (Å²) in [6, 6.07) is 11.3. The van der Waals surface area contributed by atoms with E-state index in [1.54, 1.807) is 25.5 Å². The van der Waals surface area contributed by atoms with Crippen molar-refractivity contribution in [1.82, 2.24) is 9.97 Å². The van der Waals surface area contributed by atoms with Gasteiger partial charge in [-0.2, -0.15) is 5.10 Å². The van der Waals surface area contributed by atoms with Crippen molar-refractivity contribution in [1.29, 1.82) is 0 Å². The summed E-state index contributed by atoms with van der Waals surface area (Å²) in [5.74, 6) is 1.66. The predicted molar refractivity (Wildman–Crippen MR) is 96.5 cm³/mol. The van der Waals surface area contributed by atoms with Crippen LogP contribution >= 0.6 is 11.6 Å². The SMILES string of the molecule is CCOc1c(Cl)cc(/C=N\Nc2nc3ccccc3[nH]2)cc1OC. The van der Waals surface area contributed by atoms with Crippen molar-refractivity contribution in [3.05, 3.63) is 47.0 Å². The highest BCUT2D eigenvalue weighted by atomic mass is 35.5. The molecule has 24 heavy (non-hydrogen) atoms. The van der Waals surface area contributed by atoms with E-state index in [1.807, 2.05) is 31.2 Å². The maximum absolute atomic E-state index is 6.24. The highest BCUT2D eigenvalue weighted by molar-refractivity contribution is 6.32. The molecule has 6 nitrogen and oxygen atoms in total. The third-order valence-electron chi connectivity index (χ3n) is 3.31. The number of imidazole rings is 1. The fourth-order valence-corrected chi connectivity index (χ4v) is 2.55. The maximum atomic E-state index is 6.24. The lowest BCUT2D eigenvalue weighted by molar-refractivity contribution is 0.311. The zero-order valence-electron chi connectivity index (χ0n) is 13.3. The predicted octanol–water partition coefficient (Wildman–Crippen LogP) is 4.07. The molecular formula is C17H17ClN4O2. The minimum absolute atomic E-state index is 0.474. The number of para-hydroxylation sites is 2. The molecule has 0 unspecified atom stereocenters. The van der Waals surface area contributed by atoms with Gasteiger partial charge in [-0.15, -0.1) is 0 Å². The average Bonchev–Trinajstić information content (AvgIpc) is 2.99. The Morgan fingerprint density at radius 1 is 1.33 bits per heavy atom. The molecular weight excluding hydrogens is 328 g/mol. The lowest BCUT2D eigenvalue weighted by Gasteiger charge is -2.11. The van der Waals surface area contributed by atoms with Gasteiger partial charge in [-0.25, -0.2) is 10.4 Å². The monoisotopic (exact) mass is 344 g/mol. The summed E-state index contributed by atoms with van der Waals surface area (Å²) < 4.78 is 10.8. The van der Waals surface area contributed by atoms with E-state index in [4.69, 9.17) is 21.1 Å². The van der Waals surface area contributed by atoms with Crippen LogP contribution in [0.15, 0.2) is 41.5 Å². The quantitative estimate of drug-likeness (QED) is 0.522. The first-order valence-electron chi connectivity index (χ1n) is 7.45. The van der Waals surface area contributed by atoms with Gasteiger partial charge in [0.05, 0.1) is 36.0 Å². The maximum Gasteiger partial charge on any atom is 0.222 e. The molecule has 0 saturated heterocycles. The lowest BCUT2D eigenvalue weighted by Crippen LogP contribution is -1.98. The third kappa shape index (κ3) is 3.44. The van der Waals surface area contributed by atoms with E-state index in [2.05, 4.69) is 20.5 Å². The molecule has 7 heteroatoms. The minimum Gasteiger partial charge on any atom is -0.493 e. The summed E-state index contributed by atoms with van der Waals surface area (Å²) >= 11 is 6.24. The van der Waals surface area contributed by atoms with E-state index < -0.39 is 0 Å². The van der Waals surface area contributed by atoms with Gasteiger partial charge in [-0.05, 0) is 36.8 Å². The molecule has 0 radical (unpaired) electrons. The molecule has 0 spiro atoms. The second-order valence-electron chi connectivity index (χ2n) is 4.94. The van der Waals surface area contributed by atoms with Gasteiger partial charge in [0.15, 0.2) is 11.5 Å². The van der Waals surface area contributed by atoms with Crippen LogP contribution in [0.3, 0.4) is 0 Å². The van der Waals surface area contributed by atoms with Crippen LogP contribution in [0.5, 0.6) is 11.5 Å². The number of hydrogen-bond donors (Lipinski definition) is 2. The molecule has 0 fully saturated rings. The Hall–Kier alpha value is -2.73. The molecule has 2 aromatic carbocycles. The van der Waals surface area contributed by atoms with Crippen LogP contribution in [0.1, 0.15) is 12.5 Å². The number of aromatic amines is 1. The summed E-state index contributed by atoms with van der Waals surface area (Å²) in [5.41, 5.74) is 5.47. The summed E-state index contributed by atoms with van der Waals surface area (Å²) in [6.07, 6.45) is 1.64. The van der Waals surface area contributed by atoms with Crippen molar-refractivity contribution in [2.75, 3.05) is 19.1 Å². The van der Waals surface area contributed by atoms with Gasteiger partial charge < -0.3 is 14.5 Å². The molecule has 3 rings (SSSR count). The fourth-order valence-electron chi connectivity index (χ4n) is 2.27. The minimum atomic E-state index is 0.474. The second kappa shape index (κ2) is 7.23. The number of ether oxygens (including phenoxy) is 2. The van der Waals surface area contributed by atoms with Crippen LogP contribution < -0.4 is 14.9 Å². The van der Waals surface area contributed by atoms with Crippen molar-refractivity contribution in [3.63, 3.8) is 0 Å². The normalized spacial score (nSPS) is 11.1. The molecule has 1 heterocycles. The van der Waals surface area contributed by atoms with Crippen molar-refractivity contribution in [2.24, 2.45) is 5.10 Å². The van der Waals surface area contributed by atoms with Crippen LogP contribution in [0.2, 0.25) is 5.02 Å². The van der Waals surface area contributed by atoms with Crippen molar-refractivity contribution in [2.45, 2.75) is 6.92 Å². The first kappa shape index (κ1) is 16.1. The molecule has 124 valence electrons. The number of aromatic nitrogens is 2. The Bertz CT molecular complexity index is 843.